The minimum atomic E-state index is -0.996. The van der Waals surface area contributed by atoms with Crippen LogP contribution in [0.3, 0.4) is 0 Å². The molecule has 31 heavy (non-hydrogen) atoms. The molecule has 3 rings (SSSR count). The van der Waals surface area contributed by atoms with E-state index >= 15 is 0 Å². The summed E-state index contributed by atoms with van der Waals surface area (Å²) in [7, 11) is 0. The average Bonchev–Trinajstić information content (AvgIpc) is 3.30. The second-order valence-corrected chi connectivity index (χ2v) is 9.27. The summed E-state index contributed by atoms with van der Waals surface area (Å²) in [5, 5.41) is 9.94. The predicted octanol–water partition coefficient (Wildman–Crippen LogP) is 3.21. The Labute approximate surface area is 184 Å². The van der Waals surface area contributed by atoms with Crippen LogP contribution in [0.4, 0.5) is 4.79 Å². The first kappa shape index (κ1) is 22.9. The van der Waals surface area contributed by atoms with Crippen molar-refractivity contribution in [2.45, 2.75) is 51.9 Å². The monoisotopic (exact) mass is 446 g/mol. The van der Waals surface area contributed by atoms with Crippen LogP contribution in [-0.4, -0.2) is 63.7 Å². The molecule has 1 aliphatic heterocycles. The van der Waals surface area contributed by atoms with Gasteiger partial charge < -0.3 is 14.6 Å². The molecule has 8 nitrogen and oxygen atoms in total. The number of hydrogen-bond acceptors (Lipinski definition) is 8. The topological polar surface area (TPSA) is 106 Å². The van der Waals surface area contributed by atoms with E-state index in [1.54, 1.807) is 44.5 Å². The molecular weight excluding hydrogens is 420 g/mol. The first-order valence-electron chi connectivity index (χ1n) is 9.93. The summed E-state index contributed by atoms with van der Waals surface area (Å²) in [6.07, 6.45) is -1.53. The third-order valence-corrected chi connectivity index (χ3v) is 5.69. The van der Waals surface area contributed by atoms with Gasteiger partial charge in [0.05, 0.1) is 28.7 Å². The Bertz CT molecular complexity index is 980. The van der Waals surface area contributed by atoms with Gasteiger partial charge in [0, 0.05) is 12.0 Å². The van der Waals surface area contributed by atoms with E-state index in [1.807, 2.05) is 13.0 Å². The number of likely N-dealkylation sites (tertiary alicyclic amines) is 1. The lowest BCUT2D eigenvalue weighted by atomic mass is 10.1. The Balaban J connectivity index is 1.64. The molecule has 1 fully saturated rings. The number of carbonyl (C=O) groups is 3. The summed E-state index contributed by atoms with van der Waals surface area (Å²) in [6, 6.07) is 6.05. The van der Waals surface area contributed by atoms with Gasteiger partial charge >= 0.3 is 12.1 Å². The van der Waals surface area contributed by atoms with Gasteiger partial charge in [0.25, 0.3) is 0 Å². The van der Waals surface area contributed by atoms with Crippen LogP contribution >= 0.6 is 11.3 Å². The fraction of sp³-hybridized carbons (Fsp3) is 0.455. The third kappa shape index (κ3) is 5.68. The van der Waals surface area contributed by atoms with Crippen molar-refractivity contribution in [3.63, 3.8) is 0 Å². The van der Waals surface area contributed by atoms with Gasteiger partial charge in [-0.2, -0.15) is 0 Å². The summed E-state index contributed by atoms with van der Waals surface area (Å²) >= 11 is 1.48. The standard InChI is InChI=1S/C22H26N2O6S/c1-13-19(31-12-23-13)15-7-5-6-14(8-15)18(26)11-29-20(27)17-9-16(25)10-24(17)21(28)30-22(2,3)4/h5-8,12,16-17,25H,9-11H2,1-4H3/t16-,17+/m1/s1. The lowest BCUT2D eigenvalue weighted by Gasteiger charge is -2.27. The summed E-state index contributed by atoms with van der Waals surface area (Å²) in [5.41, 5.74) is 3.16. The smallest absolute Gasteiger partial charge is 0.411 e. The van der Waals surface area contributed by atoms with Crippen molar-refractivity contribution in [1.29, 1.82) is 0 Å². The largest absolute Gasteiger partial charge is 0.456 e. The molecule has 1 saturated heterocycles. The number of carbonyl (C=O) groups excluding carboxylic acids is 3. The quantitative estimate of drug-likeness (QED) is 0.555. The second kappa shape index (κ2) is 9.15. The number of hydrogen-bond donors (Lipinski definition) is 1. The number of aliphatic hydroxyl groups is 1. The minimum absolute atomic E-state index is 0.0289. The van der Waals surface area contributed by atoms with Crippen LogP contribution in [-0.2, 0) is 14.3 Å². The zero-order valence-corrected chi connectivity index (χ0v) is 18.8. The number of amides is 1. The van der Waals surface area contributed by atoms with E-state index in [4.69, 9.17) is 9.47 Å². The molecule has 2 aromatic rings. The predicted molar refractivity (Wildman–Crippen MR) is 115 cm³/mol. The highest BCUT2D eigenvalue weighted by molar-refractivity contribution is 7.13. The number of ketones is 1. The molecule has 2 heterocycles. The molecule has 1 aromatic carbocycles. The van der Waals surface area contributed by atoms with Gasteiger partial charge in [-0.1, -0.05) is 18.2 Å². The van der Waals surface area contributed by atoms with Crippen molar-refractivity contribution in [2.24, 2.45) is 0 Å². The number of nitrogens with zero attached hydrogens (tertiary/aromatic N) is 2. The fourth-order valence-corrected chi connectivity index (χ4v) is 4.09. The van der Waals surface area contributed by atoms with Gasteiger partial charge in [0.1, 0.15) is 11.6 Å². The first-order valence-corrected chi connectivity index (χ1v) is 10.8. The van der Waals surface area contributed by atoms with Crippen LogP contribution in [0.15, 0.2) is 29.8 Å². The minimum Gasteiger partial charge on any atom is -0.456 e. The number of esters is 1. The molecule has 1 aliphatic rings. The number of aromatic nitrogens is 1. The van der Waals surface area contributed by atoms with Crippen LogP contribution in [0.25, 0.3) is 10.4 Å². The molecule has 166 valence electrons. The average molecular weight is 447 g/mol. The van der Waals surface area contributed by atoms with Gasteiger partial charge in [-0.25, -0.2) is 14.6 Å². The molecule has 0 saturated carbocycles. The normalized spacial score (nSPS) is 18.7. The van der Waals surface area contributed by atoms with E-state index in [2.05, 4.69) is 4.98 Å². The number of benzene rings is 1. The number of Topliss-reactive ketones (excluding diaryl/α,β-unsaturated/α-hetero) is 1. The van der Waals surface area contributed by atoms with E-state index in [9.17, 15) is 19.5 Å². The first-order chi connectivity index (χ1) is 14.5. The number of ether oxygens (including phenoxy) is 2. The van der Waals surface area contributed by atoms with Crippen molar-refractivity contribution in [2.75, 3.05) is 13.2 Å². The number of aliphatic hydroxyl groups excluding tert-OH is 1. The van der Waals surface area contributed by atoms with Gasteiger partial charge in [0.2, 0.25) is 0 Å². The van der Waals surface area contributed by atoms with Gasteiger partial charge in [-0.05, 0) is 39.3 Å². The summed E-state index contributed by atoms with van der Waals surface area (Å²) in [6.45, 7) is 6.55. The van der Waals surface area contributed by atoms with E-state index < -0.39 is 36.4 Å². The molecule has 0 aliphatic carbocycles. The van der Waals surface area contributed by atoms with Crippen LogP contribution in [0, 0.1) is 6.92 Å². The van der Waals surface area contributed by atoms with Gasteiger partial charge in [-0.3, -0.25) is 9.69 Å². The molecule has 9 heteroatoms. The van der Waals surface area contributed by atoms with Crippen molar-refractivity contribution < 1.29 is 29.0 Å². The lowest BCUT2D eigenvalue weighted by molar-refractivity contribution is -0.147. The zero-order valence-electron chi connectivity index (χ0n) is 18.0. The van der Waals surface area contributed by atoms with Crippen LogP contribution in [0.1, 0.15) is 43.2 Å². The van der Waals surface area contributed by atoms with Gasteiger partial charge in [0.15, 0.2) is 12.4 Å². The van der Waals surface area contributed by atoms with Crippen molar-refractivity contribution in [1.82, 2.24) is 9.88 Å². The van der Waals surface area contributed by atoms with Gasteiger partial charge in [-0.15, -0.1) is 11.3 Å². The van der Waals surface area contributed by atoms with E-state index in [1.165, 1.54) is 11.3 Å². The van der Waals surface area contributed by atoms with Crippen molar-refractivity contribution in [3.05, 3.63) is 41.0 Å². The maximum atomic E-state index is 12.6. The second-order valence-electron chi connectivity index (χ2n) is 8.42. The SMILES string of the molecule is Cc1ncsc1-c1cccc(C(=O)COC(=O)[C@@H]2C[C@@H](O)CN2C(=O)OC(C)(C)C)c1. The molecule has 0 radical (unpaired) electrons. The van der Waals surface area contributed by atoms with E-state index in [-0.39, 0.29) is 18.7 Å². The van der Waals surface area contributed by atoms with Crippen molar-refractivity contribution in [3.8, 4) is 10.4 Å². The summed E-state index contributed by atoms with van der Waals surface area (Å²) < 4.78 is 10.5. The molecule has 1 amide bonds. The number of β-amino-alcohol motifs (C(OH)–C–C–N with tert-alkyl or cyclic N) is 1. The van der Waals surface area contributed by atoms with E-state index in [0.29, 0.717) is 5.56 Å². The van der Waals surface area contributed by atoms with E-state index in [0.717, 1.165) is 21.0 Å². The highest BCUT2D eigenvalue weighted by atomic mass is 32.1. The van der Waals surface area contributed by atoms with Crippen LogP contribution in [0.2, 0.25) is 0 Å². The maximum Gasteiger partial charge on any atom is 0.411 e. The molecule has 0 bridgehead atoms. The van der Waals surface area contributed by atoms with Crippen LogP contribution in [0.5, 0.6) is 0 Å². The highest BCUT2D eigenvalue weighted by Crippen LogP contribution is 2.28. The molecular formula is C22H26N2O6S. The highest BCUT2D eigenvalue weighted by Gasteiger charge is 2.42. The zero-order chi connectivity index (χ0) is 22.8. The number of aryl methyl sites for hydroxylation is 1. The number of thiazole rings is 1. The summed E-state index contributed by atoms with van der Waals surface area (Å²) in [4.78, 5) is 43.9. The summed E-state index contributed by atoms with van der Waals surface area (Å²) in [5.74, 6) is -1.11. The molecule has 1 N–H and O–H groups in total. The molecule has 0 spiro atoms. The Morgan fingerprint density at radius 2 is 2.03 bits per heavy atom. The maximum absolute atomic E-state index is 12.6. The Hall–Kier alpha value is -2.78. The lowest BCUT2D eigenvalue weighted by Crippen LogP contribution is -2.44. The Kier molecular flexibility index (Phi) is 6.76. The Morgan fingerprint density at radius 1 is 1.29 bits per heavy atom. The number of rotatable bonds is 5. The van der Waals surface area contributed by atoms with Crippen LogP contribution < -0.4 is 0 Å². The fourth-order valence-electron chi connectivity index (χ4n) is 3.29. The molecule has 2 atom stereocenters. The molecule has 1 aromatic heterocycles. The third-order valence-electron chi connectivity index (χ3n) is 4.72. The molecule has 0 unspecified atom stereocenters. The van der Waals surface area contributed by atoms with Crippen molar-refractivity contribution >= 4 is 29.2 Å². The Morgan fingerprint density at radius 3 is 2.68 bits per heavy atom.